The van der Waals surface area contributed by atoms with Crippen molar-refractivity contribution in [3.63, 3.8) is 0 Å². The Morgan fingerprint density at radius 1 is 0.132 bits per heavy atom. The highest BCUT2D eigenvalue weighted by atomic mass is 14.2. The molecule has 0 spiro atoms. The third-order valence-electron chi connectivity index (χ3n) is 14.0. The Morgan fingerprint density at radius 3 is 0.485 bits per heavy atom. The number of hydrogen-bond acceptors (Lipinski definition) is 0. The number of benzene rings is 14. The fraction of sp³-hybridized carbons (Fsp3) is 0. The molecule has 0 heteroatoms. The Kier molecular flexibility index (Phi) is 9.62. The van der Waals surface area contributed by atoms with Gasteiger partial charge in [-0.15, -0.1) is 0 Å². The monoisotopic (exact) mass is 860 g/mol. The van der Waals surface area contributed by atoms with E-state index in [4.69, 9.17) is 0 Å². The molecular weight excluding hydrogens is 817 g/mol. The Hall–Kier alpha value is -8.84. The van der Waals surface area contributed by atoms with Crippen molar-refractivity contribution in [1.29, 1.82) is 0 Å². The molecule has 0 radical (unpaired) electrons. The predicted molar refractivity (Wildman–Crippen MR) is 295 cm³/mol. The van der Waals surface area contributed by atoms with Gasteiger partial charge in [0.2, 0.25) is 0 Å². The van der Waals surface area contributed by atoms with Gasteiger partial charge in [-0.05, 0) is 155 Å². The second-order valence-corrected chi connectivity index (χ2v) is 17.9. The van der Waals surface area contributed by atoms with Crippen LogP contribution in [0.2, 0.25) is 0 Å². The average Bonchev–Trinajstić information content (AvgIpc) is 3.41. The summed E-state index contributed by atoms with van der Waals surface area (Å²) >= 11 is 0. The summed E-state index contributed by atoms with van der Waals surface area (Å²) in [6.07, 6.45) is 0. The summed E-state index contributed by atoms with van der Waals surface area (Å²) in [7, 11) is 0. The van der Waals surface area contributed by atoms with Crippen LogP contribution in [0.5, 0.6) is 0 Å². The molecule has 0 atom stereocenters. The van der Waals surface area contributed by atoms with Gasteiger partial charge in [-0.3, -0.25) is 0 Å². The molecule has 0 saturated heterocycles. The van der Waals surface area contributed by atoms with Crippen molar-refractivity contribution in [2.45, 2.75) is 0 Å². The van der Waals surface area contributed by atoms with Crippen molar-refractivity contribution in [2.24, 2.45) is 0 Å². The second-order valence-electron chi connectivity index (χ2n) is 17.9. The van der Waals surface area contributed by atoms with Gasteiger partial charge in [-0.2, -0.15) is 0 Å². The molecule has 0 aliphatic carbocycles. The van der Waals surface area contributed by atoms with Gasteiger partial charge >= 0.3 is 0 Å². The van der Waals surface area contributed by atoms with E-state index in [2.05, 4.69) is 267 Å². The van der Waals surface area contributed by atoms with E-state index >= 15 is 0 Å². The van der Waals surface area contributed by atoms with E-state index in [0.717, 1.165) is 0 Å². The number of hydrogen-bond donors (Lipinski definition) is 0. The molecule has 0 fully saturated rings. The summed E-state index contributed by atoms with van der Waals surface area (Å²) < 4.78 is 0. The molecule has 0 aliphatic heterocycles. The predicted octanol–water partition coefficient (Wildman–Crippen LogP) is 19.3. The van der Waals surface area contributed by atoms with Crippen molar-refractivity contribution >= 4 is 86.2 Å². The van der Waals surface area contributed by atoms with Crippen LogP contribution in [-0.4, -0.2) is 0 Å². The van der Waals surface area contributed by atoms with Gasteiger partial charge in [0.15, 0.2) is 0 Å². The molecule has 0 unspecified atom stereocenters. The summed E-state index contributed by atoms with van der Waals surface area (Å²) in [6, 6.07) is 97.2. The van der Waals surface area contributed by atoms with Crippen molar-refractivity contribution in [3.8, 4) is 44.5 Å². The van der Waals surface area contributed by atoms with Crippen molar-refractivity contribution in [1.82, 2.24) is 0 Å². The standard InChI is InChI=1S/2C34H22/c2*1-3-11-25-21-27(19-17-23(25)9-1)33-29-13-5-7-15-31(29)34(32-16-8-6-14-30(32)33)28-20-18-24-10-2-4-12-26(24)22-28/h2*1-22H. The van der Waals surface area contributed by atoms with E-state index in [-0.39, 0.29) is 0 Å². The molecule has 316 valence electrons. The number of rotatable bonds is 4. The molecule has 0 heterocycles. The Labute approximate surface area is 395 Å². The van der Waals surface area contributed by atoms with E-state index in [0.29, 0.717) is 0 Å². The van der Waals surface area contributed by atoms with Gasteiger partial charge in [-0.1, -0.05) is 243 Å². The summed E-state index contributed by atoms with van der Waals surface area (Å²) in [6.45, 7) is 0. The van der Waals surface area contributed by atoms with Gasteiger partial charge < -0.3 is 0 Å². The van der Waals surface area contributed by atoms with Crippen LogP contribution < -0.4 is 0 Å². The van der Waals surface area contributed by atoms with Crippen LogP contribution in [0.25, 0.3) is 131 Å². The van der Waals surface area contributed by atoms with Crippen LogP contribution in [0.15, 0.2) is 267 Å². The zero-order valence-corrected chi connectivity index (χ0v) is 37.4. The van der Waals surface area contributed by atoms with Gasteiger partial charge in [0.25, 0.3) is 0 Å². The Bertz CT molecular complexity index is 3600. The van der Waals surface area contributed by atoms with Crippen molar-refractivity contribution < 1.29 is 0 Å². The highest BCUT2D eigenvalue weighted by molar-refractivity contribution is 6.23. The molecule has 14 aromatic carbocycles. The minimum absolute atomic E-state index is 1.26. The summed E-state index contributed by atoms with van der Waals surface area (Å²) in [5, 5.41) is 20.5. The highest BCUT2D eigenvalue weighted by Gasteiger charge is 2.19. The lowest BCUT2D eigenvalue weighted by atomic mass is 9.85. The normalized spacial score (nSPS) is 11.5. The quantitative estimate of drug-likeness (QED) is 0.155. The van der Waals surface area contributed by atoms with E-state index in [1.165, 1.54) is 131 Å². The summed E-state index contributed by atoms with van der Waals surface area (Å²) in [5.74, 6) is 0. The molecular formula is C68H44. The van der Waals surface area contributed by atoms with E-state index < -0.39 is 0 Å². The molecule has 0 bridgehead atoms. The van der Waals surface area contributed by atoms with Gasteiger partial charge in [0.05, 0.1) is 0 Å². The van der Waals surface area contributed by atoms with Crippen LogP contribution >= 0.6 is 0 Å². The van der Waals surface area contributed by atoms with Crippen LogP contribution in [0, 0.1) is 0 Å². The Balaban J connectivity index is 0.000000134. The van der Waals surface area contributed by atoms with E-state index in [1.807, 2.05) is 0 Å². The smallest absolute Gasteiger partial charge is 0.00262 e. The first-order chi connectivity index (χ1) is 33.7. The van der Waals surface area contributed by atoms with E-state index in [1.54, 1.807) is 0 Å². The first-order valence-corrected chi connectivity index (χ1v) is 23.6. The lowest BCUT2D eigenvalue weighted by Gasteiger charge is -2.18. The molecule has 0 nitrogen and oxygen atoms in total. The molecule has 14 aromatic rings. The summed E-state index contributed by atoms with van der Waals surface area (Å²) in [4.78, 5) is 0. The van der Waals surface area contributed by atoms with E-state index in [9.17, 15) is 0 Å². The zero-order chi connectivity index (χ0) is 45.0. The number of fused-ring (bicyclic) bond motifs is 8. The lowest BCUT2D eigenvalue weighted by molar-refractivity contribution is 1.68. The maximum absolute atomic E-state index is 2.33. The Morgan fingerprint density at radius 2 is 0.294 bits per heavy atom. The maximum atomic E-state index is 2.33. The SMILES string of the molecule is c1ccc2cc(-c3c4ccccc4c(-c4ccc5ccccc5c4)c4ccccc34)ccc2c1.c1ccc2cc(-c3c4ccccc4c(-c4ccc5ccccc5c4)c4ccccc34)ccc2c1. The van der Waals surface area contributed by atoms with Gasteiger partial charge in [-0.25, -0.2) is 0 Å². The first kappa shape index (κ1) is 39.5. The van der Waals surface area contributed by atoms with Crippen LogP contribution in [0.4, 0.5) is 0 Å². The van der Waals surface area contributed by atoms with Gasteiger partial charge in [0.1, 0.15) is 0 Å². The minimum atomic E-state index is 1.26. The van der Waals surface area contributed by atoms with Crippen LogP contribution in [0.3, 0.4) is 0 Å². The third kappa shape index (κ3) is 6.77. The van der Waals surface area contributed by atoms with Crippen LogP contribution in [0.1, 0.15) is 0 Å². The fourth-order valence-corrected chi connectivity index (χ4v) is 10.9. The zero-order valence-electron chi connectivity index (χ0n) is 37.4. The third-order valence-corrected chi connectivity index (χ3v) is 14.0. The van der Waals surface area contributed by atoms with Crippen molar-refractivity contribution in [2.75, 3.05) is 0 Å². The fourth-order valence-electron chi connectivity index (χ4n) is 10.9. The van der Waals surface area contributed by atoms with Crippen LogP contribution in [-0.2, 0) is 0 Å². The average molecular weight is 861 g/mol. The molecule has 14 rings (SSSR count). The topological polar surface area (TPSA) is 0 Å². The summed E-state index contributed by atoms with van der Waals surface area (Å²) in [5.41, 5.74) is 10.3. The highest BCUT2D eigenvalue weighted by Crippen LogP contribution is 2.46. The lowest BCUT2D eigenvalue weighted by Crippen LogP contribution is -1.91. The molecule has 0 aromatic heterocycles. The molecule has 0 N–H and O–H groups in total. The largest absolute Gasteiger partial charge is 0.0616 e. The first-order valence-electron chi connectivity index (χ1n) is 23.6. The molecule has 68 heavy (non-hydrogen) atoms. The van der Waals surface area contributed by atoms with Gasteiger partial charge in [0, 0.05) is 0 Å². The molecule has 0 amide bonds. The molecule has 0 saturated carbocycles. The second kappa shape index (κ2) is 16.5. The maximum Gasteiger partial charge on any atom is -0.00262 e. The minimum Gasteiger partial charge on any atom is -0.0616 e. The van der Waals surface area contributed by atoms with Crippen molar-refractivity contribution in [3.05, 3.63) is 267 Å². The molecule has 0 aliphatic rings.